The van der Waals surface area contributed by atoms with E-state index in [2.05, 4.69) is 20.7 Å². The molecule has 0 fully saturated rings. The van der Waals surface area contributed by atoms with E-state index in [1.165, 1.54) is 6.20 Å². The predicted molar refractivity (Wildman–Crippen MR) is 125 cm³/mol. The Morgan fingerprint density at radius 1 is 1.21 bits per heavy atom. The van der Waals surface area contributed by atoms with Gasteiger partial charge in [0.1, 0.15) is 0 Å². The highest BCUT2D eigenvalue weighted by molar-refractivity contribution is 6.30. The first-order valence-corrected chi connectivity index (χ1v) is 11.0. The number of halogens is 1. The standard InChI is InChI=1S/C24H27ClN4O4/c1-15-3-8-18(25)12-20(15)17-6-4-16(5-7-17)11-19(13-24(2,9-10-30)23(32)33)27-22(31)21-14-26-29-28-21/h3-8,12,14,19,30H,9-11,13H2,1-2H3,(H,27,31)(H,32,33)(H,26,28,29)/t19-,24-/m1/s1. The van der Waals surface area contributed by atoms with E-state index < -0.39 is 23.3 Å². The fourth-order valence-corrected chi connectivity index (χ4v) is 4.02. The highest BCUT2D eigenvalue weighted by atomic mass is 35.5. The Hall–Kier alpha value is -3.23. The van der Waals surface area contributed by atoms with Crippen molar-refractivity contribution in [3.05, 3.63) is 70.5 Å². The van der Waals surface area contributed by atoms with Gasteiger partial charge in [0, 0.05) is 17.7 Å². The number of hydrogen-bond donors (Lipinski definition) is 4. The van der Waals surface area contributed by atoms with E-state index in [1.54, 1.807) is 6.92 Å². The zero-order chi connectivity index (χ0) is 24.0. The summed E-state index contributed by atoms with van der Waals surface area (Å²) >= 11 is 6.15. The van der Waals surface area contributed by atoms with Crippen LogP contribution in [0, 0.1) is 12.3 Å². The zero-order valence-corrected chi connectivity index (χ0v) is 19.3. The Balaban J connectivity index is 1.83. The fourth-order valence-electron chi connectivity index (χ4n) is 3.84. The molecule has 3 rings (SSSR count). The quantitative estimate of drug-likeness (QED) is 0.358. The average molecular weight is 471 g/mol. The van der Waals surface area contributed by atoms with Crippen molar-refractivity contribution < 1.29 is 19.8 Å². The van der Waals surface area contributed by atoms with Crippen molar-refractivity contribution in [2.45, 2.75) is 39.2 Å². The summed E-state index contributed by atoms with van der Waals surface area (Å²) in [5.74, 6) is -1.47. The van der Waals surface area contributed by atoms with Crippen molar-refractivity contribution >= 4 is 23.5 Å². The Morgan fingerprint density at radius 3 is 2.55 bits per heavy atom. The van der Waals surface area contributed by atoms with Gasteiger partial charge in [0.15, 0.2) is 5.69 Å². The Morgan fingerprint density at radius 2 is 1.94 bits per heavy atom. The minimum absolute atomic E-state index is 0.0750. The summed E-state index contributed by atoms with van der Waals surface area (Å²) in [4.78, 5) is 24.5. The number of aromatic amines is 1. The summed E-state index contributed by atoms with van der Waals surface area (Å²) in [6.07, 6.45) is 2.00. The number of nitrogens with one attached hydrogen (secondary N) is 2. The number of aliphatic hydroxyl groups is 1. The maximum atomic E-state index is 12.6. The van der Waals surface area contributed by atoms with Crippen LogP contribution in [0.15, 0.2) is 48.7 Å². The molecule has 1 heterocycles. The summed E-state index contributed by atoms with van der Waals surface area (Å²) in [6, 6.07) is 13.1. The van der Waals surface area contributed by atoms with Gasteiger partial charge in [0.05, 0.1) is 11.6 Å². The van der Waals surface area contributed by atoms with E-state index in [1.807, 2.05) is 49.4 Å². The van der Waals surface area contributed by atoms with Crippen molar-refractivity contribution in [1.29, 1.82) is 0 Å². The molecule has 4 N–H and O–H groups in total. The average Bonchev–Trinajstić information content (AvgIpc) is 3.31. The van der Waals surface area contributed by atoms with Crippen molar-refractivity contribution in [3.8, 4) is 11.1 Å². The number of carbonyl (C=O) groups is 2. The predicted octanol–water partition coefficient (Wildman–Crippen LogP) is 3.64. The molecule has 0 spiro atoms. The van der Waals surface area contributed by atoms with Crippen molar-refractivity contribution in [3.63, 3.8) is 0 Å². The summed E-state index contributed by atoms with van der Waals surface area (Å²) in [5, 5.41) is 32.4. The molecule has 1 amide bonds. The van der Waals surface area contributed by atoms with Crippen LogP contribution < -0.4 is 5.32 Å². The third-order valence-corrected chi connectivity index (χ3v) is 6.04. The highest BCUT2D eigenvalue weighted by Crippen LogP contribution is 2.30. The number of aliphatic carboxylic acids is 1. The van der Waals surface area contributed by atoms with E-state index in [9.17, 15) is 19.8 Å². The van der Waals surface area contributed by atoms with Crippen molar-refractivity contribution in [2.24, 2.45) is 5.41 Å². The lowest BCUT2D eigenvalue weighted by atomic mass is 9.79. The SMILES string of the molecule is Cc1ccc(Cl)cc1-c1ccc(C[C@H](C[C@@](C)(CCO)C(=O)O)NC(=O)c2c[nH]nn2)cc1. The van der Waals surface area contributed by atoms with Crippen molar-refractivity contribution in [1.82, 2.24) is 20.7 Å². The van der Waals surface area contributed by atoms with Crippen LogP contribution in [-0.2, 0) is 11.2 Å². The van der Waals surface area contributed by atoms with Gasteiger partial charge < -0.3 is 15.5 Å². The maximum absolute atomic E-state index is 12.6. The number of nitrogens with zero attached hydrogens (tertiary/aromatic N) is 2. The van der Waals surface area contributed by atoms with E-state index in [0.29, 0.717) is 11.4 Å². The molecule has 8 nitrogen and oxygen atoms in total. The molecule has 0 saturated heterocycles. The van der Waals surface area contributed by atoms with Gasteiger partial charge in [-0.15, -0.1) is 5.10 Å². The zero-order valence-electron chi connectivity index (χ0n) is 18.5. The van der Waals surface area contributed by atoms with Crippen molar-refractivity contribution in [2.75, 3.05) is 6.61 Å². The number of benzene rings is 2. The number of carbonyl (C=O) groups excluding carboxylic acids is 1. The summed E-state index contributed by atoms with van der Waals surface area (Å²) in [7, 11) is 0. The van der Waals surface area contributed by atoms with E-state index in [4.69, 9.17) is 11.6 Å². The van der Waals surface area contributed by atoms with Crippen LogP contribution in [0.1, 0.15) is 41.4 Å². The number of aromatic nitrogens is 3. The second-order valence-electron chi connectivity index (χ2n) is 8.43. The lowest BCUT2D eigenvalue weighted by molar-refractivity contribution is -0.149. The van der Waals surface area contributed by atoms with Crippen LogP contribution in [0.4, 0.5) is 0 Å². The number of aryl methyl sites for hydroxylation is 1. The van der Waals surface area contributed by atoms with Gasteiger partial charge in [-0.3, -0.25) is 14.7 Å². The van der Waals surface area contributed by atoms with Crippen LogP contribution in [0.5, 0.6) is 0 Å². The first kappa shape index (κ1) is 24.4. The molecule has 0 aliphatic carbocycles. The number of H-pyrrole nitrogens is 1. The Kier molecular flexibility index (Phi) is 7.84. The topological polar surface area (TPSA) is 128 Å². The lowest BCUT2D eigenvalue weighted by Crippen LogP contribution is -2.43. The van der Waals surface area contributed by atoms with Gasteiger partial charge in [-0.2, -0.15) is 0 Å². The van der Waals surface area contributed by atoms with Gasteiger partial charge in [-0.05, 0) is 67.5 Å². The van der Waals surface area contributed by atoms with Gasteiger partial charge in [0.2, 0.25) is 0 Å². The van der Waals surface area contributed by atoms with Crippen LogP contribution in [0.3, 0.4) is 0 Å². The van der Waals surface area contributed by atoms with Crippen LogP contribution in [-0.4, -0.2) is 50.1 Å². The third kappa shape index (κ3) is 6.18. The monoisotopic (exact) mass is 470 g/mol. The van der Waals surface area contributed by atoms with Gasteiger partial charge in [-0.1, -0.05) is 47.1 Å². The summed E-state index contributed by atoms with van der Waals surface area (Å²) in [6.45, 7) is 3.33. The first-order valence-electron chi connectivity index (χ1n) is 10.6. The molecule has 2 atom stereocenters. The Bertz CT molecular complexity index is 1100. The second kappa shape index (κ2) is 10.6. The molecule has 174 valence electrons. The molecule has 0 radical (unpaired) electrons. The molecular formula is C24H27ClN4O4. The molecule has 0 aliphatic heterocycles. The smallest absolute Gasteiger partial charge is 0.309 e. The van der Waals surface area contributed by atoms with E-state index >= 15 is 0 Å². The fraction of sp³-hybridized carbons (Fsp3) is 0.333. The van der Waals surface area contributed by atoms with Crippen LogP contribution >= 0.6 is 11.6 Å². The molecule has 0 aliphatic rings. The first-order chi connectivity index (χ1) is 15.7. The molecule has 33 heavy (non-hydrogen) atoms. The highest BCUT2D eigenvalue weighted by Gasteiger charge is 2.36. The lowest BCUT2D eigenvalue weighted by Gasteiger charge is -2.29. The molecule has 0 saturated carbocycles. The summed E-state index contributed by atoms with van der Waals surface area (Å²) < 4.78 is 0. The normalized spacial score (nSPS) is 13.8. The molecule has 2 aromatic carbocycles. The molecule has 0 bridgehead atoms. The van der Waals surface area contributed by atoms with Crippen LogP contribution in [0.2, 0.25) is 5.02 Å². The Labute approximate surface area is 197 Å². The number of rotatable bonds is 10. The molecule has 1 aromatic heterocycles. The number of hydrogen-bond acceptors (Lipinski definition) is 5. The summed E-state index contributed by atoms with van der Waals surface area (Å²) in [5.41, 5.74) is 3.00. The third-order valence-electron chi connectivity index (χ3n) is 5.81. The molecule has 0 unspecified atom stereocenters. The largest absolute Gasteiger partial charge is 0.481 e. The minimum Gasteiger partial charge on any atom is -0.481 e. The second-order valence-corrected chi connectivity index (χ2v) is 8.87. The number of amides is 1. The minimum atomic E-state index is -1.20. The van der Waals surface area contributed by atoms with E-state index in [0.717, 1.165) is 22.3 Å². The van der Waals surface area contributed by atoms with Gasteiger partial charge >= 0.3 is 5.97 Å². The van der Waals surface area contributed by atoms with Crippen LogP contribution in [0.25, 0.3) is 11.1 Å². The number of carboxylic acid groups (broad SMARTS) is 1. The molecular weight excluding hydrogens is 444 g/mol. The van der Waals surface area contributed by atoms with Gasteiger partial charge in [0.25, 0.3) is 5.91 Å². The maximum Gasteiger partial charge on any atom is 0.309 e. The van der Waals surface area contributed by atoms with E-state index in [-0.39, 0.29) is 25.1 Å². The number of carboxylic acids is 1. The molecule has 3 aromatic rings. The number of aliphatic hydroxyl groups excluding tert-OH is 1. The van der Waals surface area contributed by atoms with Gasteiger partial charge in [-0.25, -0.2) is 0 Å². The molecule has 9 heteroatoms.